The van der Waals surface area contributed by atoms with Crippen LogP contribution in [0.3, 0.4) is 0 Å². The molecular formula is C19H25N3O3S2. The van der Waals surface area contributed by atoms with E-state index < -0.39 is 6.03 Å². The highest BCUT2D eigenvalue weighted by molar-refractivity contribution is 7.10. The highest BCUT2D eigenvalue weighted by Crippen LogP contribution is 2.17. The molecule has 0 radical (unpaired) electrons. The second-order valence-electron chi connectivity index (χ2n) is 6.52. The number of thiophene rings is 2. The molecule has 1 fully saturated rings. The third kappa shape index (κ3) is 7.06. The molecule has 2 N–H and O–H groups in total. The van der Waals surface area contributed by atoms with Crippen LogP contribution in [0.2, 0.25) is 0 Å². The van der Waals surface area contributed by atoms with E-state index in [4.69, 9.17) is 4.74 Å². The summed E-state index contributed by atoms with van der Waals surface area (Å²) in [5.41, 5.74) is 0. The first-order valence-electron chi connectivity index (χ1n) is 9.15. The Morgan fingerprint density at radius 3 is 2.63 bits per heavy atom. The topological polar surface area (TPSA) is 70.7 Å². The first-order chi connectivity index (χ1) is 13.2. The lowest BCUT2D eigenvalue weighted by Gasteiger charge is -2.24. The number of carbonyl (C=O) groups is 2. The Kier molecular flexibility index (Phi) is 7.82. The molecule has 6 nitrogen and oxygen atoms in total. The van der Waals surface area contributed by atoms with E-state index in [9.17, 15) is 9.59 Å². The number of rotatable bonds is 9. The van der Waals surface area contributed by atoms with Crippen LogP contribution in [0.15, 0.2) is 35.0 Å². The summed E-state index contributed by atoms with van der Waals surface area (Å²) in [6.07, 6.45) is 3.02. The summed E-state index contributed by atoms with van der Waals surface area (Å²) in [7, 11) is 0. The Morgan fingerprint density at radius 1 is 1.19 bits per heavy atom. The largest absolute Gasteiger partial charge is 0.377 e. The van der Waals surface area contributed by atoms with Crippen molar-refractivity contribution in [2.24, 2.45) is 0 Å². The maximum atomic E-state index is 12.3. The van der Waals surface area contributed by atoms with E-state index in [1.165, 1.54) is 9.75 Å². The van der Waals surface area contributed by atoms with E-state index in [-0.39, 0.29) is 18.6 Å². The summed E-state index contributed by atoms with van der Waals surface area (Å²) in [5.74, 6) is -0.293. The SMILES string of the molecule is O=C(CN(Cc1cccs1)CC1CCCO1)NC(=O)NCCc1cccs1. The van der Waals surface area contributed by atoms with Crippen LogP contribution in [-0.2, 0) is 22.5 Å². The molecule has 0 aromatic carbocycles. The van der Waals surface area contributed by atoms with Crippen LogP contribution in [0.1, 0.15) is 22.6 Å². The van der Waals surface area contributed by atoms with Crippen LogP contribution < -0.4 is 10.6 Å². The molecule has 0 bridgehead atoms. The fraction of sp³-hybridized carbons (Fsp3) is 0.474. The number of imide groups is 1. The van der Waals surface area contributed by atoms with Crippen molar-refractivity contribution in [1.29, 1.82) is 0 Å². The van der Waals surface area contributed by atoms with Crippen LogP contribution in [0.25, 0.3) is 0 Å². The van der Waals surface area contributed by atoms with Crippen molar-refractivity contribution < 1.29 is 14.3 Å². The average Bonchev–Trinajstić information content (AvgIpc) is 3.38. The first-order valence-corrected chi connectivity index (χ1v) is 10.9. The van der Waals surface area contributed by atoms with Gasteiger partial charge in [0.05, 0.1) is 12.6 Å². The Bertz CT molecular complexity index is 698. The molecule has 0 saturated carbocycles. The minimum Gasteiger partial charge on any atom is -0.377 e. The third-order valence-corrected chi connectivity index (χ3v) is 6.10. The van der Waals surface area contributed by atoms with Crippen LogP contribution in [0.4, 0.5) is 4.79 Å². The molecule has 2 aromatic heterocycles. The van der Waals surface area contributed by atoms with Crippen LogP contribution >= 0.6 is 22.7 Å². The van der Waals surface area contributed by atoms with Gasteiger partial charge in [-0.2, -0.15) is 0 Å². The monoisotopic (exact) mass is 407 g/mol. The molecule has 0 spiro atoms. The summed E-state index contributed by atoms with van der Waals surface area (Å²) in [5, 5.41) is 9.21. The van der Waals surface area contributed by atoms with Gasteiger partial charge in [-0.3, -0.25) is 15.0 Å². The van der Waals surface area contributed by atoms with Gasteiger partial charge >= 0.3 is 6.03 Å². The molecule has 1 saturated heterocycles. The number of nitrogens with zero attached hydrogens (tertiary/aromatic N) is 1. The first kappa shape index (κ1) is 20.0. The lowest BCUT2D eigenvalue weighted by Crippen LogP contribution is -2.46. The lowest BCUT2D eigenvalue weighted by molar-refractivity contribution is -0.121. The van der Waals surface area contributed by atoms with Crippen molar-refractivity contribution in [2.45, 2.75) is 31.9 Å². The Labute approximate surface area is 167 Å². The molecule has 27 heavy (non-hydrogen) atoms. The van der Waals surface area contributed by atoms with Gasteiger partial charge in [0.15, 0.2) is 0 Å². The Morgan fingerprint density at radius 2 is 1.96 bits per heavy atom. The standard InChI is InChI=1S/C19H25N3O3S2/c23-18(21-19(24)20-8-7-16-5-2-10-26-16)14-22(12-15-4-1-9-25-15)13-17-6-3-11-27-17/h2-3,5-6,10-11,15H,1,4,7-9,12-14H2,(H2,20,21,23,24). The van der Waals surface area contributed by atoms with Crippen LogP contribution in [0, 0.1) is 0 Å². The van der Waals surface area contributed by atoms with Crippen molar-refractivity contribution in [3.8, 4) is 0 Å². The second-order valence-corrected chi connectivity index (χ2v) is 8.58. The fourth-order valence-corrected chi connectivity index (χ4v) is 4.51. The Hall–Kier alpha value is -1.74. The van der Waals surface area contributed by atoms with Gasteiger partial charge < -0.3 is 10.1 Å². The second kappa shape index (κ2) is 10.6. The molecule has 1 aliphatic heterocycles. The van der Waals surface area contributed by atoms with Gasteiger partial charge in [-0.05, 0) is 42.2 Å². The Balaban J connectivity index is 1.43. The quantitative estimate of drug-likeness (QED) is 0.671. The van der Waals surface area contributed by atoms with Gasteiger partial charge in [0, 0.05) is 36.0 Å². The van der Waals surface area contributed by atoms with E-state index in [0.29, 0.717) is 19.6 Å². The van der Waals surface area contributed by atoms with Crippen molar-refractivity contribution in [1.82, 2.24) is 15.5 Å². The zero-order valence-electron chi connectivity index (χ0n) is 15.2. The van der Waals surface area contributed by atoms with Crippen molar-refractivity contribution in [3.05, 3.63) is 44.8 Å². The van der Waals surface area contributed by atoms with Crippen molar-refractivity contribution >= 4 is 34.6 Å². The summed E-state index contributed by atoms with van der Waals surface area (Å²) in [4.78, 5) is 28.7. The minimum atomic E-state index is -0.440. The number of amides is 3. The number of ether oxygens (including phenoxy) is 1. The summed E-state index contributed by atoms with van der Waals surface area (Å²) >= 11 is 3.32. The number of urea groups is 1. The molecule has 1 atom stereocenters. The summed E-state index contributed by atoms with van der Waals surface area (Å²) in [6.45, 7) is 2.86. The zero-order chi connectivity index (χ0) is 18.9. The zero-order valence-corrected chi connectivity index (χ0v) is 16.8. The molecule has 3 amide bonds. The normalized spacial score (nSPS) is 16.6. The van der Waals surface area contributed by atoms with Gasteiger partial charge in [-0.25, -0.2) is 4.79 Å². The number of carbonyl (C=O) groups excluding carboxylic acids is 2. The van der Waals surface area contributed by atoms with E-state index in [1.54, 1.807) is 22.7 Å². The number of hydrogen-bond acceptors (Lipinski definition) is 6. The molecule has 8 heteroatoms. The minimum absolute atomic E-state index is 0.164. The smallest absolute Gasteiger partial charge is 0.321 e. The lowest BCUT2D eigenvalue weighted by atomic mass is 10.2. The van der Waals surface area contributed by atoms with Gasteiger partial charge in [0.1, 0.15) is 0 Å². The predicted octanol–water partition coefficient (Wildman–Crippen LogP) is 2.86. The molecule has 3 rings (SSSR count). The van der Waals surface area contributed by atoms with Crippen LogP contribution in [0.5, 0.6) is 0 Å². The highest BCUT2D eigenvalue weighted by Gasteiger charge is 2.22. The molecule has 1 aliphatic rings. The van der Waals surface area contributed by atoms with Gasteiger partial charge in [-0.15, -0.1) is 22.7 Å². The van der Waals surface area contributed by atoms with E-state index >= 15 is 0 Å². The summed E-state index contributed by atoms with van der Waals surface area (Å²) < 4.78 is 5.71. The molecule has 1 unspecified atom stereocenters. The average molecular weight is 408 g/mol. The van der Waals surface area contributed by atoms with Crippen molar-refractivity contribution in [2.75, 3.05) is 26.2 Å². The molecular weight excluding hydrogens is 382 g/mol. The van der Waals surface area contributed by atoms with Gasteiger partial charge in [0.25, 0.3) is 0 Å². The van der Waals surface area contributed by atoms with Gasteiger partial charge in [-0.1, -0.05) is 12.1 Å². The van der Waals surface area contributed by atoms with E-state index in [2.05, 4.69) is 21.6 Å². The maximum absolute atomic E-state index is 12.3. The summed E-state index contributed by atoms with van der Waals surface area (Å²) in [6, 6.07) is 7.64. The molecule has 2 aromatic rings. The fourth-order valence-electron chi connectivity index (χ4n) is 3.05. The number of nitrogens with one attached hydrogen (secondary N) is 2. The predicted molar refractivity (Wildman–Crippen MR) is 108 cm³/mol. The van der Waals surface area contributed by atoms with E-state index in [1.807, 2.05) is 29.0 Å². The van der Waals surface area contributed by atoms with Crippen molar-refractivity contribution in [3.63, 3.8) is 0 Å². The third-order valence-electron chi connectivity index (χ3n) is 4.30. The highest BCUT2D eigenvalue weighted by atomic mass is 32.1. The molecule has 3 heterocycles. The van der Waals surface area contributed by atoms with E-state index in [0.717, 1.165) is 25.9 Å². The molecule has 0 aliphatic carbocycles. The van der Waals surface area contributed by atoms with Crippen LogP contribution in [-0.4, -0.2) is 49.2 Å². The molecule has 146 valence electrons. The number of hydrogen-bond donors (Lipinski definition) is 2. The maximum Gasteiger partial charge on any atom is 0.321 e. The van der Waals surface area contributed by atoms with Gasteiger partial charge in [0.2, 0.25) is 5.91 Å².